The van der Waals surface area contributed by atoms with Gasteiger partial charge in [-0.25, -0.2) is 4.39 Å². The molecule has 6 bridgehead atoms. The van der Waals surface area contributed by atoms with E-state index in [4.69, 9.17) is 11.5 Å². The lowest BCUT2D eigenvalue weighted by atomic mass is 9.89. The maximum absolute atomic E-state index is 15.8. The number of rotatable bonds is 2. The summed E-state index contributed by atoms with van der Waals surface area (Å²) in [6.45, 7) is 9.80. The van der Waals surface area contributed by atoms with Crippen LogP contribution in [0.1, 0.15) is 80.9 Å². The Morgan fingerprint density at radius 3 is 2.17 bits per heavy atom. The summed E-state index contributed by atoms with van der Waals surface area (Å²) >= 11 is 0. The van der Waals surface area contributed by atoms with Crippen molar-refractivity contribution in [1.82, 2.24) is 19.3 Å². The zero-order chi connectivity index (χ0) is 32.8. The zero-order valence-corrected chi connectivity index (χ0v) is 28.6. The highest BCUT2D eigenvalue weighted by atomic mass is 19.1. The Morgan fingerprint density at radius 1 is 0.787 bits per heavy atom. The first-order chi connectivity index (χ1) is 22.9. The van der Waals surface area contributed by atoms with Gasteiger partial charge in [-0.3, -0.25) is 19.3 Å². The first kappa shape index (κ1) is 33.9. The molecule has 7 rings (SSSR count). The molecule has 47 heavy (non-hydrogen) atoms. The number of hydrogen-bond acceptors (Lipinski definition) is 8. The Bertz CT molecular complexity index is 1420. The summed E-state index contributed by atoms with van der Waals surface area (Å²) in [4.78, 5) is 28.5. The molecule has 0 amide bonds. The minimum Gasteiger partial charge on any atom is -0.384 e. The van der Waals surface area contributed by atoms with E-state index < -0.39 is 0 Å². The number of hydrogen-bond donors (Lipinski definition) is 2. The third kappa shape index (κ3) is 8.38. The van der Waals surface area contributed by atoms with Crippen molar-refractivity contribution < 1.29 is 4.39 Å². The van der Waals surface area contributed by atoms with Gasteiger partial charge in [0.25, 0.3) is 5.56 Å². The second-order valence-electron chi connectivity index (χ2n) is 14.5. The van der Waals surface area contributed by atoms with Gasteiger partial charge in [0.2, 0.25) is 0 Å². The van der Waals surface area contributed by atoms with Crippen LogP contribution in [0.3, 0.4) is 0 Å². The number of nitrogen functional groups attached to an aromatic ring is 1. The van der Waals surface area contributed by atoms with Gasteiger partial charge in [-0.15, -0.1) is 0 Å². The molecule has 3 saturated heterocycles. The highest BCUT2D eigenvalue weighted by Crippen LogP contribution is 2.26. The number of halogens is 1. The van der Waals surface area contributed by atoms with Crippen molar-refractivity contribution in [3.8, 4) is 0 Å². The number of anilines is 2. The minimum absolute atomic E-state index is 0.0518. The van der Waals surface area contributed by atoms with Crippen LogP contribution in [0.4, 0.5) is 15.9 Å². The van der Waals surface area contributed by atoms with Crippen molar-refractivity contribution in [2.75, 3.05) is 76.6 Å². The predicted octanol–water partition coefficient (Wildman–Crippen LogP) is 4.30. The molecular weight excluding hydrogens is 591 g/mol. The molecule has 1 aromatic carbocycles. The summed E-state index contributed by atoms with van der Waals surface area (Å²) in [7, 11) is 2.20. The molecule has 2 aromatic rings. The fourth-order valence-electron chi connectivity index (χ4n) is 8.21. The van der Waals surface area contributed by atoms with E-state index in [1.807, 2.05) is 18.2 Å². The summed E-state index contributed by atoms with van der Waals surface area (Å²) in [5.41, 5.74) is 15.8. The topological polar surface area (TPSA) is 99.4 Å². The number of nitrogens with zero attached hydrogens (tertiary/aromatic N) is 6. The number of aromatic nitrogens is 1. The minimum atomic E-state index is -0.172. The highest BCUT2D eigenvalue weighted by molar-refractivity contribution is 6.02. The number of likely N-dealkylation sites (tertiary alicyclic amines) is 1. The number of amidine groups is 1. The molecule has 0 saturated carbocycles. The van der Waals surface area contributed by atoms with Crippen molar-refractivity contribution in [1.29, 1.82) is 0 Å². The number of piperidine rings is 2. The van der Waals surface area contributed by atoms with Crippen LogP contribution in [0, 0.1) is 11.7 Å². The van der Waals surface area contributed by atoms with Gasteiger partial charge < -0.3 is 26.2 Å². The average molecular weight is 649 g/mol. The van der Waals surface area contributed by atoms with Gasteiger partial charge in [-0.2, -0.15) is 0 Å². The normalized spacial score (nSPS) is 25.1. The van der Waals surface area contributed by atoms with Crippen LogP contribution < -0.4 is 21.9 Å². The van der Waals surface area contributed by atoms with Gasteiger partial charge in [0.1, 0.15) is 23.2 Å². The van der Waals surface area contributed by atoms with Gasteiger partial charge in [-0.05, 0) is 102 Å². The van der Waals surface area contributed by atoms with Crippen molar-refractivity contribution in [3.05, 3.63) is 57.1 Å². The summed E-state index contributed by atoms with van der Waals surface area (Å²) < 4.78 is 17.5. The van der Waals surface area contributed by atoms with E-state index in [-0.39, 0.29) is 23.8 Å². The van der Waals surface area contributed by atoms with Crippen LogP contribution in [0.2, 0.25) is 0 Å². The van der Waals surface area contributed by atoms with E-state index in [0.717, 1.165) is 103 Å². The lowest BCUT2D eigenvalue weighted by Crippen LogP contribution is -2.54. The van der Waals surface area contributed by atoms with Crippen LogP contribution in [-0.2, 0) is 19.5 Å². The molecule has 258 valence electrons. The summed E-state index contributed by atoms with van der Waals surface area (Å²) in [5, 5.41) is 0. The largest absolute Gasteiger partial charge is 0.384 e. The van der Waals surface area contributed by atoms with E-state index in [1.54, 1.807) is 10.6 Å². The number of piperazine rings is 1. The number of pyridine rings is 1. The van der Waals surface area contributed by atoms with Crippen LogP contribution in [-0.4, -0.2) is 97.1 Å². The van der Waals surface area contributed by atoms with E-state index in [9.17, 15) is 4.79 Å². The molecule has 0 radical (unpaired) electrons. The summed E-state index contributed by atoms with van der Waals surface area (Å²) in [5.74, 6) is 0.941. The molecule has 10 heteroatoms. The van der Waals surface area contributed by atoms with Gasteiger partial charge in [0.05, 0.1) is 12.1 Å². The number of aliphatic imine (C=N–C) groups is 1. The monoisotopic (exact) mass is 648 g/mol. The summed E-state index contributed by atoms with van der Waals surface area (Å²) in [6, 6.07) is 8.12. The molecule has 0 spiro atoms. The average Bonchev–Trinajstić information content (AvgIpc) is 3.08. The first-order valence-corrected chi connectivity index (χ1v) is 18.4. The first-order valence-electron chi connectivity index (χ1n) is 18.4. The van der Waals surface area contributed by atoms with Crippen LogP contribution in [0.15, 0.2) is 34.1 Å². The molecule has 0 atom stereocenters. The molecule has 4 N–H and O–H groups in total. The molecule has 1 aromatic heterocycles. The number of nitrogens with two attached hydrogens (primary N) is 2. The third-order valence-electron chi connectivity index (χ3n) is 11.3. The quantitative estimate of drug-likeness (QED) is 0.501. The van der Waals surface area contributed by atoms with E-state index in [2.05, 4.69) is 31.6 Å². The van der Waals surface area contributed by atoms with Gasteiger partial charge in [0, 0.05) is 44.3 Å². The molecule has 3 fully saturated rings. The maximum atomic E-state index is 15.8. The van der Waals surface area contributed by atoms with Crippen LogP contribution in [0.25, 0.3) is 0 Å². The second-order valence-corrected chi connectivity index (χ2v) is 14.5. The lowest BCUT2D eigenvalue weighted by molar-refractivity contribution is 0.115. The molecule has 6 heterocycles. The van der Waals surface area contributed by atoms with Gasteiger partial charge in [0.15, 0.2) is 0 Å². The van der Waals surface area contributed by atoms with Crippen molar-refractivity contribution in [2.24, 2.45) is 16.6 Å². The molecule has 5 aliphatic heterocycles. The van der Waals surface area contributed by atoms with E-state index in [0.29, 0.717) is 41.1 Å². The Kier molecular flexibility index (Phi) is 11.5. The van der Waals surface area contributed by atoms with Crippen molar-refractivity contribution in [3.63, 3.8) is 0 Å². The maximum Gasteiger partial charge on any atom is 0.275 e. The molecule has 5 aliphatic rings. The molecule has 0 unspecified atom stereocenters. The lowest BCUT2D eigenvalue weighted by Gasteiger charge is -2.42. The van der Waals surface area contributed by atoms with E-state index >= 15 is 4.39 Å². The van der Waals surface area contributed by atoms with Crippen molar-refractivity contribution in [2.45, 2.75) is 89.8 Å². The number of benzene rings is 1. The third-order valence-corrected chi connectivity index (χ3v) is 11.3. The fourth-order valence-corrected chi connectivity index (χ4v) is 8.21. The van der Waals surface area contributed by atoms with Crippen LogP contribution in [0.5, 0.6) is 0 Å². The number of fused-ring (bicyclic) bond motifs is 10. The Hall–Kier alpha value is -2.95. The molecule has 0 aliphatic carbocycles. The smallest absolute Gasteiger partial charge is 0.275 e. The van der Waals surface area contributed by atoms with Gasteiger partial charge >= 0.3 is 0 Å². The molecule has 9 nitrogen and oxygen atoms in total. The zero-order valence-electron chi connectivity index (χ0n) is 28.6. The Morgan fingerprint density at radius 2 is 1.45 bits per heavy atom. The van der Waals surface area contributed by atoms with Gasteiger partial charge in [-0.1, -0.05) is 43.9 Å². The van der Waals surface area contributed by atoms with Crippen LogP contribution >= 0.6 is 0 Å². The second kappa shape index (κ2) is 16.0. The standard InChI is InChI=1S/C37H57FN8O/c1-42-17-13-31(14-18-42)44-21-23-45(24-22-44)33-26-32-35(39)41-27-30-10-8-9-29(34(30)38)25-28-11-19-43(20-12-28)15-6-4-2-3-5-7-16-46(36(32)40)37(33)47/h8-10,26,28,31H,2-7,11-25,27,40H2,1H3,(H2,39,41). The van der Waals surface area contributed by atoms with Crippen molar-refractivity contribution >= 4 is 17.3 Å². The Labute approximate surface area is 280 Å². The fraction of sp³-hybridized carbons (Fsp3) is 0.676. The predicted molar refractivity (Wildman–Crippen MR) is 191 cm³/mol. The van der Waals surface area contributed by atoms with E-state index in [1.165, 1.54) is 32.1 Å². The highest BCUT2D eigenvalue weighted by Gasteiger charge is 2.29. The summed E-state index contributed by atoms with van der Waals surface area (Å²) in [6.07, 6.45) is 12.2. The molecular formula is C37H57FN8O. The Balaban J connectivity index is 1.25. The SMILES string of the molecule is CN1CCC(N2CCN(c3cc4c(N)n(c3=O)CCCCCCCCN3CCC(CC3)Cc3cccc(c3F)CN=C4N)CC2)CC1.